The number of hydrogen-bond acceptors (Lipinski definition) is 4. The molecule has 1 aliphatic rings. The van der Waals surface area contributed by atoms with Gasteiger partial charge in [0.1, 0.15) is 17.5 Å². The van der Waals surface area contributed by atoms with Crippen molar-refractivity contribution >= 4 is 11.6 Å². The molecular weight excluding hydrogens is 260 g/mol. The molecule has 1 saturated carbocycles. The van der Waals surface area contributed by atoms with Gasteiger partial charge in [0.2, 0.25) is 0 Å². The zero-order chi connectivity index (χ0) is 14.8. The van der Waals surface area contributed by atoms with E-state index >= 15 is 0 Å². The van der Waals surface area contributed by atoms with E-state index in [1.165, 1.54) is 24.0 Å². The zero-order valence-electron chi connectivity index (χ0n) is 12.6. The third-order valence-electron chi connectivity index (χ3n) is 3.83. The first-order valence-electron chi connectivity index (χ1n) is 7.59. The summed E-state index contributed by atoms with van der Waals surface area (Å²) in [5.74, 6) is 3.32. The Morgan fingerprint density at radius 2 is 1.90 bits per heavy atom. The molecule has 2 aromatic rings. The van der Waals surface area contributed by atoms with Crippen molar-refractivity contribution in [2.75, 3.05) is 11.1 Å². The van der Waals surface area contributed by atoms with Crippen LogP contribution >= 0.6 is 0 Å². The fourth-order valence-corrected chi connectivity index (χ4v) is 2.31. The molecule has 0 unspecified atom stereocenters. The monoisotopic (exact) mass is 282 g/mol. The first kappa shape index (κ1) is 13.9. The Balaban J connectivity index is 1.66. The summed E-state index contributed by atoms with van der Waals surface area (Å²) < 4.78 is 0. The predicted molar refractivity (Wildman–Crippen MR) is 86.3 cm³/mol. The number of hydrogen-bond donors (Lipinski definition) is 2. The van der Waals surface area contributed by atoms with Gasteiger partial charge in [-0.25, -0.2) is 9.97 Å². The van der Waals surface area contributed by atoms with E-state index in [4.69, 9.17) is 5.73 Å². The maximum Gasteiger partial charge on any atom is 0.136 e. The summed E-state index contributed by atoms with van der Waals surface area (Å²) in [6.45, 7) is 5.16. The molecule has 4 nitrogen and oxygen atoms in total. The minimum atomic E-state index is 0.513. The highest BCUT2D eigenvalue weighted by molar-refractivity contribution is 5.46. The van der Waals surface area contributed by atoms with Gasteiger partial charge in [0.25, 0.3) is 0 Å². The maximum atomic E-state index is 5.86. The molecule has 1 fully saturated rings. The smallest absolute Gasteiger partial charge is 0.136 e. The molecular formula is C17H22N4. The van der Waals surface area contributed by atoms with Gasteiger partial charge in [0, 0.05) is 18.5 Å². The molecule has 1 aliphatic carbocycles. The summed E-state index contributed by atoms with van der Waals surface area (Å²) in [6, 6.07) is 10.5. The van der Waals surface area contributed by atoms with E-state index in [9.17, 15) is 0 Å². The summed E-state index contributed by atoms with van der Waals surface area (Å²) in [4.78, 5) is 8.86. The number of nitrogens with one attached hydrogen (secondary N) is 1. The first-order valence-corrected chi connectivity index (χ1v) is 7.59. The van der Waals surface area contributed by atoms with Crippen LogP contribution in [-0.2, 0) is 6.54 Å². The Kier molecular flexibility index (Phi) is 3.78. The Hall–Kier alpha value is -2.10. The van der Waals surface area contributed by atoms with Crippen LogP contribution in [0.4, 0.5) is 11.6 Å². The number of nitrogens with two attached hydrogens (primary N) is 1. The number of nitrogens with zero attached hydrogens (tertiary/aromatic N) is 2. The van der Waals surface area contributed by atoms with Crippen LogP contribution in [0.2, 0.25) is 0 Å². The number of rotatable bonds is 5. The Bertz CT molecular complexity index is 615. The van der Waals surface area contributed by atoms with E-state index in [1.807, 2.05) is 0 Å². The second kappa shape index (κ2) is 5.72. The summed E-state index contributed by atoms with van der Waals surface area (Å²) in [6.07, 6.45) is 2.36. The summed E-state index contributed by atoms with van der Waals surface area (Å²) >= 11 is 0. The first-order chi connectivity index (χ1) is 10.1. The molecule has 0 saturated heterocycles. The molecule has 0 radical (unpaired) electrons. The molecule has 1 aromatic carbocycles. The predicted octanol–water partition coefficient (Wildman–Crippen LogP) is 3.67. The largest absolute Gasteiger partial charge is 0.384 e. The van der Waals surface area contributed by atoms with Crippen molar-refractivity contribution in [2.45, 2.75) is 45.1 Å². The lowest BCUT2D eigenvalue weighted by molar-refractivity contribution is 0.865. The lowest BCUT2D eigenvalue weighted by atomic mass is 10.0. The third kappa shape index (κ3) is 3.51. The highest BCUT2D eigenvalue weighted by Gasteiger charge is 2.27. The van der Waals surface area contributed by atoms with Crippen LogP contribution < -0.4 is 11.1 Å². The van der Waals surface area contributed by atoms with Gasteiger partial charge in [-0.2, -0.15) is 0 Å². The Labute approximate surface area is 125 Å². The molecule has 0 spiro atoms. The van der Waals surface area contributed by atoms with Crippen LogP contribution in [0.3, 0.4) is 0 Å². The maximum absolute atomic E-state index is 5.86. The summed E-state index contributed by atoms with van der Waals surface area (Å²) in [7, 11) is 0. The van der Waals surface area contributed by atoms with Crippen molar-refractivity contribution in [1.29, 1.82) is 0 Å². The topological polar surface area (TPSA) is 63.8 Å². The second-order valence-electron chi connectivity index (χ2n) is 6.06. The minimum Gasteiger partial charge on any atom is -0.384 e. The molecule has 1 aromatic heterocycles. The van der Waals surface area contributed by atoms with E-state index < -0.39 is 0 Å². The number of benzene rings is 1. The van der Waals surface area contributed by atoms with Crippen molar-refractivity contribution < 1.29 is 0 Å². The molecule has 110 valence electrons. The van der Waals surface area contributed by atoms with Gasteiger partial charge in [-0.15, -0.1) is 0 Å². The van der Waals surface area contributed by atoms with Crippen molar-refractivity contribution in [1.82, 2.24) is 9.97 Å². The highest BCUT2D eigenvalue weighted by atomic mass is 15.1. The van der Waals surface area contributed by atoms with E-state index in [0.717, 1.165) is 18.2 Å². The SMILES string of the molecule is CC(C)c1ccc(CNc2cc(N)nc(C3CC3)n2)cc1. The third-order valence-corrected chi connectivity index (χ3v) is 3.83. The minimum absolute atomic E-state index is 0.513. The molecule has 0 aliphatic heterocycles. The van der Waals surface area contributed by atoms with Gasteiger partial charge in [-0.1, -0.05) is 38.1 Å². The fraction of sp³-hybridized carbons (Fsp3) is 0.412. The molecule has 3 rings (SSSR count). The lowest BCUT2D eigenvalue weighted by Crippen LogP contribution is -2.06. The molecule has 0 amide bonds. The van der Waals surface area contributed by atoms with Gasteiger partial charge in [-0.3, -0.25) is 0 Å². The van der Waals surface area contributed by atoms with E-state index in [1.54, 1.807) is 6.07 Å². The summed E-state index contributed by atoms with van der Waals surface area (Å²) in [5, 5.41) is 3.34. The normalized spacial score (nSPS) is 14.4. The number of anilines is 2. The van der Waals surface area contributed by atoms with Gasteiger partial charge in [0.05, 0.1) is 0 Å². The van der Waals surface area contributed by atoms with Crippen LogP contribution in [0.25, 0.3) is 0 Å². The second-order valence-corrected chi connectivity index (χ2v) is 6.06. The average molecular weight is 282 g/mol. The van der Waals surface area contributed by atoms with Crippen molar-refractivity contribution in [3.63, 3.8) is 0 Å². The van der Waals surface area contributed by atoms with Gasteiger partial charge >= 0.3 is 0 Å². The van der Waals surface area contributed by atoms with Crippen molar-refractivity contribution in [3.8, 4) is 0 Å². The lowest BCUT2D eigenvalue weighted by Gasteiger charge is -2.10. The average Bonchev–Trinajstić information content (AvgIpc) is 3.29. The van der Waals surface area contributed by atoms with Crippen molar-refractivity contribution in [2.24, 2.45) is 0 Å². The van der Waals surface area contributed by atoms with Crippen LogP contribution in [0, 0.1) is 0 Å². The highest BCUT2D eigenvalue weighted by Crippen LogP contribution is 2.38. The van der Waals surface area contributed by atoms with Gasteiger partial charge in [0.15, 0.2) is 0 Å². The van der Waals surface area contributed by atoms with Gasteiger partial charge in [-0.05, 0) is 29.9 Å². The molecule has 4 heteroatoms. The quantitative estimate of drug-likeness (QED) is 0.878. The van der Waals surface area contributed by atoms with Crippen molar-refractivity contribution in [3.05, 3.63) is 47.3 Å². The fourth-order valence-electron chi connectivity index (χ4n) is 2.31. The molecule has 21 heavy (non-hydrogen) atoms. The van der Waals surface area contributed by atoms with Crippen LogP contribution in [-0.4, -0.2) is 9.97 Å². The van der Waals surface area contributed by atoms with Crippen LogP contribution in [0.1, 0.15) is 55.5 Å². The molecule has 0 bridgehead atoms. The van der Waals surface area contributed by atoms with E-state index in [2.05, 4.69) is 53.4 Å². The number of nitrogen functional groups attached to an aromatic ring is 1. The van der Waals surface area contributed by atoms with E-state index in [-0.39, 0.29) is 0 Å². The number of aromatic nitrogens is 2. The van der Waals surface area contributed by atoms with E-state index in [0.29, 0.717) is 17.7 Å². The van der Waals surface area contributed by atoms with Crippen LogP contribution in [0.5, 0.6) is 0 Å². The molecule has 1 heterocycles. The summed E-state index contributed by atoms with van der Waals surface area (Å²) in [5.41, 5.74) is 8.46. The standard InChI is InChI=1S/C17H22N4/c1-11(2)13-5-3-12(4-6-13)10-19-16-9-15(18)20-17(21-16)14-7-8-14/h3-6,9,11,14H,7-8,10H2,1-2H3,(H3,18,19,20,21). The Morgan fingerprint density at radius 3 is 2.52 bits per heavy atom. The van der Waals surface area contributed by atoms with Gasteiger partial charge < -0.3 is 11.1 Å². The van der Waals surface area contributed by atoms with Crippen LogP contribution in [0.15, 0.2) is 30.3 Å². The Morgan fingerprint density at radius 1 is 1.19 bits per heavy atom. The molecule has 0 atom stereocenters. The molecule has 3 N–H and O–H groups in total. The zero-order valence-corrected chi connectivity index (χ0v) is 12.6.